The molecule has 0 aliphatic carbocycles. The van der Waals surface area contributed by atoms with Crippen molar-refractivity contribution in [3.63, 3.8) is 0 Å². The largest absolute Gasteiger partial charge is 0.496 e. The lowest BCUT2D eigenvalue weighted by Gasteiger charge is -2.10. The third-order valence-corrected chi connectivity index (χ3v) is 3.29. The zero-order valence-corrected chi connectivity index (χ0v) is 14.3. The lowest BCUT2D eigenvalue weighted by molar-refractivity contribution is 0.414. The van der Waals surface area contributed by atoms with Gasteiger partial charge in [0.2, 0.25) is 0 Å². The molecule has 0 aromatic heterocycles. The molecule has 0 unspecified atom stereocenters. The standard InChI is InChI=1S/C18H19N3O2S/c1-22-16-11-5-3-8-14(16)9-7-13-19-21-18(24)20-15-10-4-6-12-17(15)23-2/h3-13H,1-2H3,(H2,20,21,24)/b9-7+,19-13-. The summed E-state index contributed by atoms with van der Waals surface area (Å²) in [5.41, 5.74) is 4.50. The van der Waals surface area contributed by atoms with Gasteiger partial charge in [-0.25, -0.2) is 0 Å². The van der Waals surface area contributed by atoms with E-state index in [-0.39, 0.29) is 0 Å². The van der Waals surface area contributed by atoms with Crippen molar-refractivity contribution in [1.29, 1.82) is 0 Å². The number of benzene rings is 2. The Balaban J connectivity index is 1.87. The molecule has 0 aliphatic heterocycles. The van der Waals surface area contributed by atoms with Crippen molar-refractivity contribution >= 4 is 35.3 Å². The first-order valence-electron chi connectivity index (χ1n) is 7.27. The number of hydrogen-bond acceptors (Lipinski definition) is 4. The van der Waals surface area contributed by atoms with Crippen LogP contribution in [0, 0.1) is 0 Å². The highest BCUT2D eigenvalue weighted by Crippen LogP contribution is 2.22. The molecular weight excluding hydrogens is 322 g/mol. The van der Waals surface area contributed by atoms with Crippen molar-refractivity contribution in [2.24, 2.45) is 5.10 Å². The van der Waals surface area contributed by atoms with Gasteiger partial charge in [0.05, 0.1) is 19.9 Å². The Hall–Kier alpha value is -2.86. The number of nitrogens with zero attached hydrogens (tertiary/aromatic N) is 1. The summed E-state index contributed by atoms with van der Waals surface area (Å²) in [4.78, 5) is 0. The van der Waals surface area contributed by atoms with E-state index in [1.807, 2.05) is 54.6 Å². The van der Waals surface area contributed by atoms with Gasteiger partial charge in [-0.3, -0.25) is 5.43 Å². The van der Waals surface area contributed by atoms with Gasteiger partial charge in [-0.15, -0.1) is 0 Å². The molecule has 0 spiro atoms. The van der Waals surface area contributed by atoms with E-state index >= 15 is 0 Å². The van der Waals surface area contributed by atoms with Gasteiger partial charge in [-0.2, -0.15) is 5.10 Å². The van der Waals surface area contributed by atoms with Crippen molar-refractivity contribution in [3.05, 3.63) is 60.2 Å². The van der Waals surface area contributed by atoms with Crippen LogP contribution in [-0.2, 0) is 0 Å². The van der Waals surface area contributed by atoms with Gasteiger partial charge >= 0.3 is 0 Å². The number of para-hydroxylation sites is 3. The van der Waals surface area contributed by atoms with E-state index < -0.39 is 0 Å². The molecule has 5 nitrogen and oxygen atoms in total. The van der Waals surface area contributed by atoms with Crippen molar-refractivity contribution in [2.45, 2.75) is 0 Å². The first-order valence-corrected chi connectivity index (χ1v) is 7.68. The molecule has 2 aromatic rings. The Morgan fingerprint density at radius 2 is 1.67 bits per heavy atom. The molecule has 124 valence electrons. The number of ether oxygens (including phenoxy) is 2. The molecule has 0 saturated carbocycles. The Morgan fingerprint density at radius 3 is 2.42 bits per heavy atom. The van der Waals surface area contributed by atoms with Crippen LogP contribution in [0.2, 0.25) is 0 Å². The highest BCUT2D eigenvalue weighted by atomic mass is 32.1. The fraction of sp³-hybridized carbons (Fsp3) is 0.111. The lowest BCUT2D eigenvalue weighted by atomic mass is 10.2. The maximum Gasteiger partial charge on any atom is 0.191 e. The summed E-state index contributed by atoms with van der Waals surface area (Å²) < 4.78 is 10.5. The number of nitrogens with one attached hydrogen (secondary N) is 2. The summed E-state index contributed by atoms with van der Waals surface area (Å²) in [5.74, 6) is 1.52. The Kier molecular flexibility index (Phi) is 6.79. The molecule has 2 aromatic carbocycles. The average molecular weight is 341 g/mol. The van der Waals surface area contributed by atoms with Crippen molar-refractivity contribution < 1.29 is 9.47 Å². The molecule has 0 atom stereocenters. The first-order chi connectivity index (χ1) is 11.7. The Labute approximate surface area is 147 Å². The number of rotatable bonds is 6. The van der Waals surface area contributed by atoms with E-state index in [1.165, 1.54) is 0 Å². The molecule has 0 heterocycles. The molecule has 2 N–H and O–H groups in total. The summed E-state index contributed by atoms with van der Waals surface area (Å²) >= 11 is 5.19. The van der Waals surface area contributed by atoms with Crippen molar-refractivity contribution in [3.8, 4) is 11.5 Å². The van der Waals surface area contributed by atoms with E-state index in [4.69, 9.17) is 21.7 Å². The second kappa shape index (κ2) is 9.32. The minimum Gasteiger partial charge on any atom is -0.496 e. The summed E-state index contributed by atoms with van der Waals surface area (Å²) in [6, 6.07) is 15.2. The average Bonchev–Trinajstić information content (AvgIpc) is 2.62. The third-order valence-electron chi connectivity index (χ3n) is 3.10. The zero-order valence-electron chi connectivity index (χ0n) is 13.5. The minimum atomic E-state index is 0.376. The summed E-state index contributed by atoms with van der Waals surface area (Å²) in [5, 5.41) is 7.45. The van der Waals surface area contributed by atoms with Gasteiger partial charge < -0.3 is 14.8 Å². The zero-order chi connectivity index (χ0) is 17.2. The molecule has 0 bridgehead atoms. The highest BCUT2D eigenvalue weighted by molar-refractivity contribution is 7.80. The topological polar surface area (TPSA) is 54.9 Å². The second-order valence-corrected chi connectivity index (χ2v) is 5.05. The number of anilines is 1. The normalized spacial score (nSPS) is 10.8. The van der Waals surface area contributed by atoms with Crippen LogP contribution in [0.1, 0.15) is 5.56 Å². The van der Waals surface area contributed by atoms with Crippen molar-refractivity contribution in [1.82, 2.24) is 5.43 Å². The molecule has 0 radical (unpaired) electrons. The van der Waals surface area contributed by atoms with Crippen LogP contribution in [0.3, 0.4) is 0 Å². The molecule has 2 rings (SSSR count). The van der Waals surface area contributed by atoms with Crippen LogP contribution >= 0.6 is 12.2 Å². The van der Waals surface area contributed by atoms with Crippen LogP contribution in [-0.4, -0.2) is 25.5 Å². The maximum absolute atomic E-state index is 5.27. The van der Waals surface area contributed by atoms with E-state index in [9.17, 15) is 0 Å². The molecule has 0 saturated heterocycles. The Bertz CT molecular complexity index is 745. The molecule has 0 fully saturated rings. The fourth-order valence-electron chi connectivity index (χ4n) is 1.99. The fourth-order valence-corrected chi connectivity index (χ4v) is 2.15. The number of allylic oxidation sites excluding steroid dienone is 1. The van der Waals surface area contributed by atoms with E-state index in [1.54, 1.807) is 26.5 Å². The van der Waals surface area contributed by atoms with Crippen LogP contribution in [0.4, 0.5) is 5.69 Å². The number of methoxy groups -OCH3 is 2. The van der Waals surface area contributed by atoms with Gasteiger partial charge in [0.15, 0.2) is 5.11 Å². The predicted octanol–water partition coefficient (Wildman–Crippen LogP) is 3.69. The molecule has 6 heteroatoms. The van der Waals surface area contributed by atoms with E-state index in [0.29, 0.717) is 10.9 Å². The lowest BCUT2D eigenvalue weighted by Crippen LogP contribution is -2.23. The van der Waals surface area contributed by atoms with Gasteiger partial charge in [-0.1, -0.05) is 30.3 Å². The van der Waals surface area contributed by atoms with Crippen LogP contribution in [0.25, 0.3) is 6.08 Å². The van der Waals surface area contributed by atoms with Gasteiger partial charge in [-0.05, 0) is 42.6 Å². The number of hydrogen-bond donors (Lipinski definition) is 2. The van der Waals surface area contributed by atoms with Gasteiger partial charge in [0.25, 0.3) is 0 Å². The molecule has 0 amide bonds. The SMILES string of the molecule is COc1ccccc1/C=C/C=N\NC(=S)Nc1ccccc1OC. The monoisotopic (exact) mass is 341 g/mol. The quantitative estimate of drug-likeness (QED) is 0.477. The van der Waals surface area contributed by atoms with E-state index in [2.05, 4.69) is 15.8 Å². The smallest absolute Gasteiger partial charge is 0.191 e. The van der Waals surface area contributed by atoms with Crippen LogP contribution in [0.15, 0.2) is 59.7 Å². The maximum atomic E-state index is 5.27. The van der Waals surface area contributed by atoms with Crippen molar-refractivity contribution in [2.75, 3.05) is 19.5 Å². The molecule has 0 aliphatic rings. The minimum absolute atomic E-state index is 0.376. The summed E-state index contributed by atoms with van der Waals surface area (Å²) in [6.07, 6.45) is 5.32. The highest BCUT2D eigenvalue weighted by Gasteiger charge is 2.02. The number of hydrazone groups is 1. The second-order valence-electron chi connectivity index (χ2n) is 4.65. The van der Waals surface area contributed by atoms with Gasteiger partial charge in [0.1, 0.15) is 11.5 Å². The van der Waals surface area contributed by atoms with Crippen LogP contribution < -0.4 is 20.2 Å². The number of thiocarbonyl (C=S) groups is 1. The summed E-state index contributed by atoms with van der Waals surface area (Å²) in [7, 11) is 3.25. The van der Waals surface area contributed by atoms with E-state index in [0.717, 1.165) is 17.0 Å². The first kappa shape index (κ1) is 17.5. The van der Waals surface area contributed by atoms with Crippen LogP contribution in [0.5, 0.6) is 11.5 Å². The van der Waals surface area contributed by atoms with Gasteiger partial charge in [0, 0.05) is 11.8 Å². The predicted molar refractivity (Wildman–Crippen MR) is 103 cm³/mol. The third kappa shape index (κ3) is 5.10. The summed E-state index contributed by atoms with van der Waals surface area (Å²) in [6.45, 7) is 0. The Morgan fingerprint density at radius 1 is 1.00 bits per heavy atom. The molecular formula is C18H19N3O2S. The molecule has 24 heavy (non-hydrogen) atoms.